The van der Waals surface area contributed by atoms with Gasteiger partial charge in [0.05, 0.1) is 16.3 Å². The fourth-order valence-electron chi connectivity index (χ4n) is 2.17. The van der Waals surface area contributed by atoms with Gasteiger partial charge in [-0.3, -0.25) is 14.8 Å². The van der Waals surface area contributed by atoms with Crippen LogP contribution in [0.4, 0.5) is 5.69 Å². The van der Waals surface area contributed by atoms with Crippen LogP contribution in [0.25, 0.3) is 23.4 Å². The van der Waals surface area contributed by atoms with E-state index in [1.807, 2.05) is 25.4 Å². The molecule has 0 N–H and O–H groups in total. The minimum Gasteiger partial charge on any atom is -0.275 e. The average Bonchev–Trinajstić information content (AvgIpc) is 2.95. The van der Waals surface area contributed by atoms with Crippen LogP contribution in [0.1, 0.15) is 11.3 Å². The Labute approximate surface area is 132 Å². The number of aryl methyl sites for hydroxylation is 1. The maximum absolute atomic E-state index is 10.7. The molecule has 7 heteroatoms. The van der Waals surface area contributed by atoms with E-state index in [0.717, 1.165) is 22.5 Å². The van der Waals surface area contributed by atoms with Crippen molar-refractivity contribution in [1.82, 2.24) is 19.7 Å². The highest BCUT2D eigenvalue weighted by Gasteiger charge is 2.10. The van der Waals surface area contributed by atoms with Crippen LogP contribution in [0.2, 0.25) is 0 Å². The highest BCUT2D eigenvalue weighted by molar-refractivity contribution is 5.78. The Morgan fingerprint density at radius 2 is 1.96 bits per heavy atom. The van der Waals surface area contributed by atoms with Crippen molar-refractivity contribution in [3.05, 3.63) is 70.4 Å². The largest absolute Gasteiger partial charge is 0.275 e. The molecule has 7 nitrogen and oxygen atoms in total. The van der Waals surface area contributed by atoms with E-state index >= 15 is 0 Å². The van der Waals surface area contributed by atoms with E-state index < -0.39 is 4.92 Å². The summed E-state index contributed by atoms with van der Waals surface area (Å²) in [5.41, 5.74) is 3.33. The van der Waals surface area contributed by atoms with E-state index in [9.17, 15) is 10.1 Å². The zero-order valence-electron chi connectivity index (χ0n) is 12.3. The normalized spacial score (nSPS) is 11.0. The number of aromatic nitrogens is 4. The van der Waals surface area contributed by atoms with Crippen LogP contribution in [0.5, 0.6) is 0 Å². The molecule has 0 aliphatic carbocycles. The summed E-state index contributed by atoms with van der Waals surface area (Å²) >= 11 is 0. The highest BCUT2D eigenvalue weighted by atomic mass is 16.6. The fourth-order valence-corrected chi connectivity index (χ4v) is 2.17. The Morgan fingerprint density at radius 1 is 1.17 bits per heavy atom. The number of nitrogens with zero attached hydrogens (tertiary/aromatic N) is 5. The molecule has 0 aliphatic heterocycles. The second kappa shape index (κ2) is 6.18. The molecule has 0 amide bonds. The maximum Gasteiger partial charge on any atom is 0.269 e. The number of nitro groups is 1. The number of hydrogen-bond donors (Lipinski definition) is 0. The van der Waals surface area contributed by atoms with Crippen molar-refractivity contribution in [1.29, 1.82) is 0 Å². The smallest absolute Gasteiger partial charge is 0.269 e. The SMILES string of the molecule is Cn1cc(/C=C/c2ccncn2)c(-c2ccc([N+](=O)[O-])cc2)n1. The van der Waals surface area contributed by atoms with Crippen LogP contribution in [0.15, 0.2) is 49.1 Å². The number of hydrogen-bond acceptors (Lipinski definition) is 5. The summed E-state index contributed by atoms with van der Waals surface area (Å²) in [6.45, 7) is 0. The zero-order valence-corrected chi connectivity index (χ0v) is 12.3. The van der Waals surface area contributed by atoms with Crippen molar-refractivity contribution in [3.63, 3.8) is 0 Å². The van der Waals surface area contributed by atoms with E-state index in [0.29, 0.717) is 0 Å². The van der Waals surface area contributed by atoms with Gasteiger partial charge in [-0.25, -0.2) is 9.97 Å². The minimum absolute atomic E-state index is 0.0581. The lowest BCUT2D eigenvalue weighted by Crippen LogP contribution is -1.89. The van der Waals surface area contributed by atoms with Crippen molar-refractivity contribution in [3.8, 4) is 11.3 Å². The van der Waals surface area contributed by atoms with Crippen LogP contribution in [0.3, 0.4) is 0 Å². The molecule has 2 heterocycles. The summed E-state index contributed by atoms with van der Waals surface area (Å²) in [7, 11) is 1.83. The van der Waals surface area contributed by atoms with Crippen molar-refractivity contribution in [2.24, 2.45) is 7.05 Å². The molecule has 3 aromatic rings. The molecule has 0 saturated heterocycles. The topological polar surface area (TPSA) is 86.7 Å². The predicted octanol–water partition coefficient (Wildman–Crippen LogP) is 2.96. The molecule has 0 radical (unpaired) electrons. The van der Waals surface area contributed by atoms with Crippen molar-refractivity contribution < 1.29 is 4.92 Å². The van der Waals surface area contributed by atoms with Gasteiger partial charge in [-0.2, -0.15) is 5.10 Å². The monoisotopic (exact) mass is 307 g/mol. The van der Waals surface area contributed by atoms with Crippen LogP contribution >= 0.6 is 0 Å². The van der Waals surface area contributed by atoms with E-state index in [2.05, 4.69) is 15.1 Å². The first-order valence-electron chi connectivity index (χ1n) is 6.86. The van der Waals surface area contributed by atoms with Crippen LogP contribution < -0.4 is 0 Å². The number of non-ortho nitro benzene ring substituents is 1. The molecule has 0 spiro atoms. The molecule has 114 valence electrons. The van der Waals surface area contributed by atoms with Gasteiger partial charge in [0.25, 0.3) is 5.69 Å². The second-order valence-electron chi connectivity index (χ2n) is 4.88. The van der Waals surface area contributed by atoms with Crippen molar-refractivity contribution in [2.45, 2.75) is 0 Å². The van der Waals surface area contributed by atoms with Gasteiger partial charge in [-0.15, -0.1) is 0 Å². The molecule has 0 fully saturated rings. The van der Waals surface area contributed by atoms with E-state index in [1.165, 1.54) is 18.5 Å². The van der Waals surface area contributed by atoms with E-state index in [-0.39, 0.29) is 5.69 Å². The summed E-state index contributed by atoms with van der Waals surface area (Å²) < 4.78 is 1.70. The molecule has 23 heavy (non-hydrogen) atoms. The lowest BCUT2D eigenvalue weighted by atomic mass is 10.1. The van der Waals surface area contributed by atoms with E-state index in [4.69, 9.17) is 0 Å². The zero-order chi connectivity index (χ0) is 16.2. The van der Waals surface area contributed by atoms with Crippen LogP contribution in [-0.4, -0.2) is 24.7 Å². The van der Waals surface area contributed by atoms with Gasteiger partial charge >= 0.3 is 0 Å². The molecule has 0 bridgehead atoms. The Hall–Kier alpha value is -3.35. The Kier molecular flexibility index (Phi) is 3.92. The molecular formula is C16H13N5O2. The molecule has 0 saturated carbocycles. The minimum atomic E-state index is -0.419. The van der Waals surface area contributed by atoms with Crippen molar-refractivity contribution >= 4 is 17.8 Å². The van der Waals surface area contributed by atoms with Crippen LogP contribution in [-0.2, 0) is 7.05 Å². The van der Waals surface area contributed by atoms with E-state index in [1.54, 1.807) is 29.1 Å². The predicted molar refractivity (Wildman–Crippen MR) is 86.3 cm³/mol. The third-order valence-electron chi connectivity index (χ3n) is 3.25. The van der Waals surface area contributed by atoms with Gasteiger partial charge in [0.15, 0.2) is 0 Å². The third-order valence-corrected chi connectivity index (χ3v) is 3.25. The Bertz CT molecular complexity index is 854. The molecular weight excluding hydrogens is 294 g/mol. The van der Waals surface area contributed by atoms with Crippen molar-refractivity contribution in [2.75, 3.05) is 0 Å². The first kappa shape index (κ1) is 14.6. The molecule has 0 unspecified atom stereocenters. The summed E-state index contributed by atoms with van der Waals surface area (Å²) in [4.78, 5) is 18.3. The Balaban J connectivity index is 1.94. The standard InChI is InChI=1S/C16H13N5O2/c1-20-10-13(2-5-14-8-9-17-11-18-14)16(19-20)12-3-6-15(7-4-12)21(22)23/h2-11H,1H3/b5-2+. The molecule has 0 atom stereocenters. The molecule has 1 aromatic carbocycles. The molecule has 3 rings (SSSR count). The quantitative estimate of drug-likeness (QED) is 0.546. The lowest BCUT2D eigenvalue weighted by molar-refractivity contribution is -0.384. The molecule has 0 aliphatic rings. The fraction of sp³-hybridized carbons (Fsp3) is 0.0625. The van der Waals surface area contributed by atoms with Gasteiger partial charge in [-0.1, -0.05) is 0 Å². The number of benzene rings is 1. The first-order valence-corrected chi connectivity index (χ1v) is 6.86. The van der Waals surface area contributed by atoms with Gasteiger partial charge < -0.3 is 0 Å². The van der Waals surface area contributed by atoms with Crippen LogP contribution in [0, 0.1) is 10.1 Å². The lowest BCUT2D eigenvalue weighted by Gasteiger charge is -1.99. The molecule has 2 aromatic heterocycles. The highest BCUT2D eigenvalue weighted by Crippen LogP contribution is 2.25. The Morgan fingerprint density at radius 3 is 2.61 bits per heavy atom. The number of rotatable bonds is 4. The number of nitro benzene ring substituents is 1. The third kappa shape index (κ3) is 3.29. The average molecular weight is 307 g/mol. The summed E-state index contributed by atoms with van der Waals surface area (Å²) in [6.07, 6.45) is 8.82. The summed E-state index contributed by atoms with van der Waals surface area (Å²) in [6, 6.07) is 8.15. The maximum atomic E-state index is 10.7. The van der Waals surface area contributed by atoms with Gasteiger partial charge in [0.2, 0.25) is 0 Å². The second-order valence-corrected chi connectivity index (χ2v) is 4.88. The first-order chi connectivity index (χ1) is 11.1. The van der Waals surface area contributed by atoms with Gasteiger partial charge in [0, 0.05) is 42.7 Å². The van der Waals surface area contributed by atoms with Gasteiger partial charge in [0.1, 0.15) is 6.33 Å². The summed E-state index contributed by atoms with van der Waals surface area (Å²) in [5, 5.41) is 15.2. The summed E-state index contributed by atoms with van der Waals surface area (Å²) in [5.74, 6) is 0. The van der Waals surface area contributed by atoms with Gasteiger partial charge in [-0.05, 0) is 30.4 Å².